The van der Waals surface area contributed by atoms with Gasteiger partial charge in [0.2, 0.25) is 0 Å². The Labute approximate surface area is 180 Å². The summed E-state index contributed by atoms with van der Waals surface area (Å²) in [6, 6.07) is 0. The highest BCUT2D eigenvalue weighted by Gasteiger charge is 2.49. The van der Waals surface area contributed by atoms with E-state index in [2.05, 4.69) is 29.7 Å². The molecule has 0 spiro atoms. The topological polar surface area (TPSA) is 178 Å². The maximum absolute atomic E-state index is 13.7. The third-order valence-corrected chi connectivity index (χ3v) is 4.54. The monoisotopic (exact) mass is 451 g/mol. The van der Waals surface area contributed by atoms with E-state index in [4.69, 9.17) is 29.1 Å². The summed E-state index contributed by atoms with van der Waals surface area (Å²) < 4.78 is 56.0. The van der Waals surface area contributed by atoms with Crippen LogP contribution in [-0.4, -0.2) is 49.1 Å². The van der Waals surface area contributed by atoms with Crippen LogP contribution in [0, 0.1) is 25.3 Å². The molecule has 1 aliphatic heterocycles. The third-order valence-electron chi connectivity index (χ3n) is 4.54. The van der Waals surface area contributed by atoms with Crippen molar-refractivity contribution in [3.8, 4) is 12.3 Å². The van der Waals surface area contributed by atoms with Crippen molar-refractivity contribution in [2.24, 2.45) is 0 Å². The molecule has 1 saturated heterocycles. The molecule has 0 saturated carbocycles. The second-order valence-corrected chi connectivity index (χ2v) is 6.54. The second kappa shape index (κ2) is 7.94. The first-order valence-electron chi connectivity index (χ1n) is 9.86. The molecular weight excluding hydrogens is 433 g/mol. The summed E-state index contributed by atoms with van der Waals surface area (Å²) >= 11 is 0. The Morgan fingerprint density at radius 1 is 1.53 bits per heavy atom. The number of terminal acetylenes is 1. The highest BCUT2D eigenvalue weighted by Crippen LogP contribution is 2.38. The molecule has 0 aliphatic carbocycles. The van der Waals surface area contributed by atoms with Crippen molar-refractivity contribution in [2.75, 3.05) is 12.3 Å². The summed E-state index contributed by atoms with van der Waals surface area (Å²) in [5, 5.41) is 10.7. The SMILES string of the molecule is [2H]C1([2H])[C@H](n2cnc3c(N)nc(F)nc32)O[C@](C#C)(COC(=O)OCc2oc(=O)oc2C)[C@H]1O. The molecule has 32 heavy (non-hydrogen) atoms. The van der Waals surface area contributed by atoms with Crippen LogP contribution < -0.4 is 11.6 Å². The molecule has 14 heteroatoms. The lowest BCUT2D eigenvalue weighted by Crippen LogP contribution is -2.43. The number of aliphatic hydroxyl groups excluding tert-OH is 1. The fraction of sp³-hybridized carbons (Fsp3) is 0.389. The highest BCUT2D eigenvalue weighted by atomic mass is 19.1. The van der Waals surface area contributed by atoms with Gasteiger partial charge in [0.1, 0.15) is 18.9 Å². The summed E-state index contributed by atoms with van der Waals surface area (Å²) in [7, 11) is 0. The molecule has 0 unspecified atom stereocenters. The molecule has 1 fully saturated rings. The van der Waals surface area contributed by atoms with Crippen molar-refractivity contribution < 1.29 is 40.1 Å². The van der Waals surface area contributed by atoms with Crippen LogP contribution in [0.2, 0.25) is 0 Å². The lowest BCUT2D eigenvalue weighted by molar-refractivity contribution is -0.0987. The maximum Gasteiger partial charge on any atom is 0.519 e. The summed E-state index contributed by atoms with van der Waals surface area (Å²) in [5.41, 5.74) is 3.21. The number of nitrogens with zero attached hydrogens (tertiary/aromatic N) is 4. The Morgan fingerprint density at radius 3 is 3.00 bits per heavy atom. The Morgan fingerprint density at radius 2 is 2.31 bits per heavy atom. The van der Waals surface area contributed by atoms with Crippen LogP contribution in [0.15, 0.2) is 20.0 Å². The van der Waals surface area contributed by atoms with Gasteiger partial charge in [0.15, 0.2) is 40.7 Å². The number of nitrogens with two attached hydrogens (primary N) is 1. The minimum absolute atomic E-state index is 0.0329. The fourth-order valence-electron chi connectivity index (χ4n) is 2.89. The van der Waals surface area contributed by atoms with Crippen LogP contribution in [0.1, 0.15) is 26.9 Å². The summed E-state index contributed by atoms with van der Waals surface area (Å²) in [5.74, 6) is 0.869. The number of aromatic nitrogens is 4. The van der Waals surface area contributed by atoms with E-state index in [1.165, 1.54) is 6.92 Å². The number of carbonyl (C=O) groups excluding carboxylic acids is 1. The van der Waals surface area contributed by atoms with Gasteiger partial charge in [-0.05, 0) is 6.92 Å². The molecule has 13 nitrogen and oxygen atoms in total. The number of rotatable bonds is 5. The van der Waals surface area contributed by atoms with Gasteiger partial charge >= 0.3 is 18.1 Å². The molecule has 4 heterocycles. The molecule has 4 rings (SSSR count). The minimum Gasteiger partial charge on any atom is -0.430 e. The fourth-order valence-corrected chi connectivity index (χ4v) is 2.89. The Bertz CT molecular complexity index is 1360. The quantitative estimate of drug-likeness (QED) is 0.310. The number of halogens is 1. The van der Waals surface area contributed by atoms with Crippen LogP contribution in [0.3, 0.4) is 0 Å². The van der Waals surface area contributed by atoms with Gasteiger partial charge in [0.25, 0.3) is 0 Å². The molecular formula is C18H16FN5O8. The lowest BCUT2D eigenvalue weighted by Gasteiger charge is -2.25. The average Bonchev–Trinajstić information content (AvgIpc) is 3.39. The molecule has 3 aromatic heterocycles. The number of aryl methyl sites for hydroxylation is 1. The zero-order valence-electron chi connectivity index (χ0n) is 18.3. The standard InChI is InChI=1S/C18H16FN5O8/c1-3-18(6-29-16(26)28-5-9-8(2)30-17(27)31-9)10(25)4-11(32-18)24-7-21-12-13(20)22-15(19)23-14(12)24/h1,7,10-11,25H,4-6H2,2H3,(H2,20,22,23)/t10-,11+,18+/m0/s1/i4D2. The van der Waals surface area contributed by atoms with Crippen molar-refractivity contribution in [1.29, 1.82) is 0 Å². The Kier molecular flexibility index (Phi) is 4.66. The van der Waals surface area contributed by atoms with Crippen molar-refractivity contribution in [1.82, 2.24) is 19.5 Å². The average molecular weight is 451 g/mol. The van der Waals surface area contributed by atoms with Crippen LogP contribution in [0.25, 0.3) is 11.2 Å². The number of ether oxygens (including phenoxy) is 3. The first-order valence-corrected chi connectivity index (χ1v) is 8.86. The van der Waals surface area contributed by atoms with E-state index in [9.17, 15) is 19.1 Å². The molecule has 0 aromatic carbocycles. The molecule has 168 valence electrons. The van der Waals surface area contributed by atoms with Crippen molar-refractivity contribution >= 4 is 23.1 Å². The number of imidazole rings is 1. The molecule has 3 N–H and O–H groups in total. The first kappa shape index (κ1) is 18.8. The van der Waals surface area contributed by atoms with Crippen LogP contribution >= 0.6 is 0 Å². The Hall–Kier alpha value is -3.96. The van der Waals surface area contributed by atoms with E-state index in [1.54, 1.807) is 0 Å². The predicted molar refractivity (Wildman–Crippen MR) is 100 cm³/mol. The number of nitrogen functional groups attached to an aromatic ring is 1. The number of hydrogen-bond acceptors (Lipinski definition) is 12. The number of anilines is 1. The molecule has 0 amide bonds. The van der Waals surface area contributed by atoms with Gasteiger partial charge in [-0.15, -0.1) is 6.42 Å². The molecule has 1 aliphatic rings. The number of fused-ring (bicyclic) bond motifs is 1. The van der Waals surface area contributed by atoms with E-state index in [-0.39, 0.29) is 28.5 Å². The van der Waals surface area contributed by atoms with Crippen molar-refractivity contribution in [2.45, 2.75) is 37.8 Å². The predicted octanol–water partition coefficient (Wildman–Crippen LogP) is 0.407. The normalized spacial score (nSPS) is 25.2. The molecule has 0 bridgehead atoms. The van der Waals surface area contributed by atoms with E-state index in [1.807, 2.05) is 0 Å². The first-order chi connectivity index (χ1) is 16.0. The third kappa shape index (κ3) is 3.74. The van der Waals surface area contributed by atoms with Gasteiger partial charge in [-0.1, -0.05) is 5.92 Å². The highest BCUT2D eigenvalue weighted by molar-refractivity contribution is 5.81. The Balaban J connectivity index is 1.54. The maximum atomic E-state index is 13.7. The number of aliphatic hydroxyl groups is 1. The van der Waals surface area contributed by atoms with Gasteiger partial charge in [0.05, 0.1) is 6.33 Å². The largest absolute Gasteiger partial charge is 0.519 e. The molecule has 3 atom stereocenters. The van der Waals surface area contributed by atoms with Gasteiger partial charge < -0.3 is 33.9 Å². The minimum atomic E-state index is -2.58. The van der Waals surface area contributed by atoms with Gasteiger partial charge in [0, 0.05) is 9.11 Å². The van der Waals surface area contributed by atoms with Gasteiger partial charge in [-0.2, -0.15) is 14.4 Å². The van der Waals surface area contributed by atoms with Crippen molar-refractivity contribution in [3.63, 3.8) is 0 Å². The second-order valence-electron chi connectivity index (χ2n) is 6.54. The molecule has 3 aromatic rings. The van der Waals surface area contributed by atoms with Crippen molar-refractivity contribution in [3.05, 3.63) is 34.5 Å². The number of carbonyl (C=O) groups is 1. The van der Waals surface area contributed by atoms with E-state index < -0.39 is 55.6 Å². The smallest absolute Gasteiger partial charge is 0.430 e. The summed E-state index contributed by atoms with van der Waals surface area (Å²) in [4.78, 5) is 33.9. The summed E-state index contributed by atoms with van der Waals surface area (Å²) in [6.45, 7) is 0.0867. The van der Waals surface area contributed by atoms with E-state index in [0.29, 0.717) is 0 Å². The number of hydrogen-bond donors (Lipinski definition) is 2. The zero-order valence-corrected chi connectivity index (χ0v) is 16.3. The van der Waals surface area contributed by atoms with E-state index >= 15 is 0 Å². The van der Waals surface area contributed by atoms with Gasteiger partial charge in [-0.3, -0.25) is 4.57 Å². The zero-order chi connectivity index (χ0) is 24.8. The van der Waals surface area contributed by atoms with Gasteiger partial charge in [-0.25, -0.2) is 14.6 Å². The van der Waals surface area contributed by atoms with Crippen LogP contribution in [0.4, 0.5) is 15.0 Å². The van der Waals surface area contributed by atoms with Crippen LogP contribution in [0.5, 0.6) is 0 Å². The van der Waals surface area contributed by atoms with Crippen LogP contribution in [-0.2, 0) is 20.8 Å². The molecule has 0 radical (unpaired) electrons. The summed E-state index contributed by atoms with van der Waals surface area (Å²) in [6.07, 6.45) is -2.17. The van der Waals surface area contributed by atoms with E-state index in [0.717, 1.165) is 10.9 Å². The lowest BCUT2D eigenvalue weighted by atomic mass is 9.99.